The number of hydrogen-bond donors (Lipinski definition) is 0. The van der Waals surface area contributed by atoms with E-state index in [0.29, 0.717) is 5.56 Å². The van der Waals surface area contributed by atoms with E-state index in [2.05, 4.69) is 149 Å². The third kappa shape index (κ3) is 4.29. The molecule has 3 heterocycles. The molecule has 8 aromatic carbocycles. The summed E-state index contributed by atoms with van der Waals surface area (Å²) in [5, 5.41) is 21.7. The van der Waals surface area contributed by atoms with E-state index < -0.39 is 0 Å². The molecule has 0 aliphatic rings. The van der Waals surface area contributed by atoms with Crippen LogP contribution in [0.25, 0.3) is 104 Å². The van der Waals surface area contributed by atoms with Gasteiger partial charge >= 0.3 is 0 Å². The average molecular weight is 673 g/mol. The zero-order valence-electron chi connectivity index (χ0n) is 28.5. The highest BCUT2D eigenvalue weighted by Crippen LogP contribution is 2.47. The number of benzene rings is 8. The smallest absolute Gasteiger partial charge is 0.0998 e. The summed E-state index contributed by atoms with van der Waals surface area (Å²) >= 11 is 0. The van der Waals surface area contributed by atoms with E-state index in [0.717, 1.165) is 55.4 Å². The fraction of sp³-hybridized carbons (Fsp3) is 0. The molecule has 0 spiro atoms. The largest absolute Gasteiger partial charge is 0.309 e. The number of nitrogens with zero attached hydrogens (tertiary/aromatic N) is 4. The van der Waals surface area contributed by atoms with Gasteiger partial charge in [-0.25, -0.2) is 4.98 Å². The Morgan fingerprint density at radius 2 is 1.04 bits per heavy atom. The molecular weight excluding hydrogens is 645 g/mol. The van der Waals surface area contributed by atoms with Gasteiger partial charge in [-0.2, -0.15) is 5.26 Å². The summed E-state index contributed by atoms with van der Waals surface area (Å²) in [4.78, 5) is 9.38. The number of hydrogen-bond acceptors (Lipinski definition) is 3. The number of aromatic nitrogens is 3. The molecule has 0 aliphatic carbocycles. The number of para-hydroxylation sites is 1. The van der Waals surface area contributed by atoms with Gasteiger partial charge in [0.2, 0.25) is 0 Å². The van der Waals surface area contributed by atoms with Crippen molar-refractivity contribution >= 4 is 64.9 Å². The van der Waals surface area contributed by atoms with Crippen molar-refractivity contribution in [3.05, 3.63) is 176 Å². The first-order valence-electron chi connectivity index (χ1n) is 17.8. The van der Waals surface area contributed by atoms with E-state index >= 15 is 0 Å². The van der Waals surface area contributed by atoms with Crippen molar-refractivity contribution in [1.29, 1.82) is 5.26 Å². The van der Waals surface area contributed by atoms with Gasteiger partial charge in [-0.15, -0.1) is 0 Å². The molecule has 0 radical (unpaired) electrons. The molecule has 0 aliphatic heterocycles. The van der Waals surface area contributed by atoms with Gasteiger partial charge in [0.1, 0.15) is 0 Å². The third-order valence-corrected chi connectivity index (χ3v) is 10.9. The molecule has 4 heteroatoms. The second-order valence-electron chi connectivity index (χ2n) is 13.6. The van der Waals surface area contributed by atoms with Gasteiger partial charge in [-0.3, -0.25) is 4.98 Å². The quantitative estimate of drug-likeness (QED) is 0.175. The predicted octanol–water partition coefficient (Wildman–Crippen LogP) is 12.5. The Hall–Kier alpha value is -7.35. The maximum atomic E-state index is 10.1. The van der Waals surface area contributed by atoms with Crippen LogP contribution in [-0.4, -0.2) is 14.5 Å². The van der Waals surface area contributed by atoms with Gasteiger partial charge in [-0.05, 0) is 116 Å². The minimum atomic E-state index is 0.691. The van der Waals surface area contributed by atoms with Crippen molar-refractivity contribution in [3.63, 3.8) is 0 Å². The van der Waals surface area contributed by atoms with Crippen LogP contribution in [0, 0.1) is 11.3 Å². The van der Waals surface area contributed by atoms with Crippen LogP contribution in [0.15, 0.2) is 170 Å². The van der Waals surface area contributed by atoms with Crippen molar-refractivity contribution in [2.45, 2.75) is 0 Å². The summed E-state index contributed by atoms with van der Waals surface area (Å²) in [6.45, 7) is 0. The first kappa shape index (κ1) is 29.4. The molecule has 0 bridgehead atoms. The van der Waals surface area contributed by atoms with Gasteiger partial charge in [-0.1, -0.05) is 91.0 Å². The summed E-state index contributed by atoms with van der Waals surface area (Å²) in [7, 11) is 0. The van der Waals surface area contributed by atoms with Crippen LogP contribution in [0.4, 0.5) is 0 Å². The topological polar surface area (TPSA) is 54.5 Å². The Balaban J connectivity index is 1.21. The second-order valence-corrected chi connectivity index (χ2v) is 13.6. The molecule has 11 rings (SSSR count). The van der Waals surface area contributed by atoms with E-state index in [4.69, 9.17) is 4.98 Å². The zero-order chi connectivity index (χ0) is 35.0. The van der Waals surface area contributed by atoms with Gasteiger partial charge < -0.3 is 4.57 Å². The van der Waals surface area contributed by atoms with Crippen molar-refractivity contribution in [2.75, 3.05) is 0 Å². The predicted molar refractivity (Wildman–Crippen MR) is 219 cm³/mol. The highest BCUT2D eigenvalue weighted by atomic mass is 15.0. The molecule has 11 aromatic rings. The normalized spacial score (nSPS) is 11.8. The van der Waals surface area contributed by atoms with Crippen LogP contribution in [0.5, 0.6) is 0 Å². The number of rotatable bonds is 4. The minimum absolute atomic E-state index is 0.691. The third-order valence-electron chi connectivity index (χ3n) is 10.9. The monoisotopic (exact) mass is 672 g/mol. The van der Waals surface area contributed by atoms with Crippen LogP contribution >= 0.6 is 0 Å². The van der Waals surface area contributed by atoms with Crippen LogP contribution < -0.4 is 0 Å². The highest BCUT2D eigenvalue weighted by molar-refractivity contribution is 6.30. The van der Waals surface area contributed by atoms with Gasteiger partial charge in [0.15, 0.2) is 0 Å². The van der Waals surface area contributed by atoms with Crippen molar-refractivity contribution in [1.82, 2.24) is 14.5 Å². The van der Waals surface area contributed by atoms with E-state index in [-0.39, 0.29) is 0 Å². The SMILES string of the molecule is N#Cc1ccc2c3c1ccc1c(-c4cc5c6ccccc6c(-c6cccc(-c7ccncc7)n6)cc5c5ccccc45)ccc(c13)n2-c1ccccc1. The van der Waals surface area contributed by atoms with E-state index in [1.165, 1.54) is 48.8 Å². The average Bonchev–Trinajstić information content (AvgIpc) is 3.58. The van der Waals surface area contributed by atoms with Crippen LogP contribution in [-0.2, 0) is 0 Å². The van der Waals surface area contributed by atoms with Crippen molar-refractivity contribution in [3.8, 4) is 45.4 Å². The first-order valence-corrected chi connectivity index (χ1v) is 17.8. The van der Waals surface area contributed by atoms with Crippen LogP contribution in [0.3, 0.4) is 0 Å². The molecule has 0 unspecified atom stereocenters. The molecule has 0 amide bonds. The summed E-state index contributed by atoms with van der Waals surface area (Å²) in [5.74, 6) is 0. The van der Waals surface area contributed by atoms with Gasteiger partial charge in [0.05, 0.1) is 34.1 Å². The summed E-state index contributed by atoms with van der Waals surface area (Å²) in [5.41, 5.74) is 10.4. The maximum absolute atomic E-state index is 10.1. The van der Waals surface area contributed by atoms with E-state index in [9.17, 15) is 5.26 Å². The van der Waals surface area contributed by atoms with Gasteiger partial charge in [0.25, 0.3) is 0 Å². The Bertz CT molecular complexity index is 3280. The lowest BCUT2D eigenvalue weighted by Gasteiger charge is -2.17. The first-order chi connectivity index (χ1) is 26.3. The maximum Gasteiger partial charge on any atom is 0.0998 e. The lowest BCUT2D eigenvalue weighted by molar-refractivity contribution is 1.18. The summed E-state index contributed by atoms with van der Waals surface area (Å²) in [6, 6.07) is 58.4. The molecule has 53 heavy (non-hydrogen) atoms. The minimum Gasteiger partial charge on any atom is -0.309 e. The molecule has 4 nitrogen and oxygen atoms in total. The summed E-state index contributed by atoms with van der Waals surface area (Å²) in [6.07, 6.45) is 3.62. The Morgan fingerprint density at radius 3 is 1.77 bits per heavy atom. The number of nitriles is 1. The number of pyridine rings is 2. The fourth-order valence-electron chi connectivity index (χ4n) is 8.60. The number of fused-ring (bicyclic) bond motifs is 5. The van der Waals surface area contributed by atoms with Crippen LogP contribution in [0.2, 0.25) is 0 Å². The Kier molecular flexibility index (Phi) is 6.28. The Labute approximate surface area is 304 Å². The zero-order valence-corrected chi connectivity index (χ0v) is 28.5. The lowest BCUT2D eigenvalue weighted by atomic mass is 9.86. The molecule has 0 saturated heterocycles. The molecular formula is C49H28N4. The van der Waals surface area contributed by atoms with Crippen molar-refractivity contribution < 1.29 is 0 Å². The molecule has 0 atom stereocenters. The second kappa shape index (κ2) is 11.3. The molecule has 244 valence electrons. The molecule has 0 N–H and O–H groups in total. The van der Waals surface area contributed by atoms with E-state index in [1.54, 1.807) is 0 Å². The fourth-order valence-corrected chi connectivity index (χ4v) is 8.60. The Morgan fingerprint density at radius 1 is 0.434 bits per heavy atom. The van der Waals surface area contributed by atoms with Crippen molar-refractivity contribution in [2.24, 2.45) is 0 Å². The molecule has 0 fully saturated rings. The standard InChI is InChI=1S/C49H28N4/c50-29-31-17-21-46-48-33(31)18-19-39-38(20-22-47(49(39)48)53(46)32-9-2-1-3-10-32)40-27-41-36-13-6-7-14-37(36)43(28-42(41)35-12-5-4-11-34(35)40)45-16-8-15-44(52-45)30-23-25-51-26-24-30/h1-28H. The lowest BCUT2D eigenvalue weighted by Crippen LogP contribution is -1.93. The van der Waals surface area contributed by atoms with Crippen LogP contribution in [0.1, 0.15) is 5.56 Å². The van der Waals surface area contributed by atoms with E-state index in [1.807, 2.05) is 36.7 Å². The van der Waals surface area contributed by atoms with Gasteiger partial charge in [0, 0.05) is 45.4 Å². The summed E-state index contributed by atoms with van der Waals surface area (Å²) < 4.78 is 2.33. The molecule has 0 saturated carbocycles. The molecule has 3 aromatic heterocycles. The highest BCUT2D eigenvalue weighted by Gasteiger charge is 2.22.